The van der Waals surface area contributed by atoms with E-state index in [1.807, 2.05) is 12.1 Å². The topological polar surface area (TPSA) is 49.3 Å². The molecule has 2 rings (SSSR count). The standard InChI is InChI=1S/C18H23NO2Si/c1-22(2,17-7-4-3-5-8-17)14-6-13-19-16-11-9-15(10-12-16)18(20)21/h3-5,7-12,19H,6,13-14H2,1-2H3,(H,20,21). The van der Waals surface area contributed by atoms with Gasteiger partial charge in [-0.25, -0.2) is 4.79 Å². The van der Waals surface area contributed by atoms with Crippen molar-refractivity contribution in [3.63, 3.8) is 0 Å². The molecule has 0 saturated heterocycles. The molecule has 0 aromatic heterocycles. The van der Waals surface area contributed by atoms with Crippen molar-refractivity contribution in [3.05, 3.63) is 60.2 Å². The number of hydrogen-bond donors (Lipinski definition) is 2. The number of carbonyl (C=O) groups is 1. The molecule has 116 valence electrons. The van der Waals surface area contributed by atoms with Crippen LogP contribution >= 0.6 is 0 Å². The summed E-state index contributed by atoms with van der Waals surface area (Å²) in [7, 11) is -1.36. The van der Waals surface area contributed by atoms with Crippen molar-refractivity contribution in [2.45, 2.75) is 25.6 Å². The number of carboxylic acids is 1. The number of benzene rings is 2. The zero-order valence-electron chi connectivity index (χ0n) is 13.2. The second-order valence-electron chi connectivity index (χ2n) is 6.16. The lowest BCUT2D eigenvalue weighted by molar-refractivity contribution is 0.0697. The normalized spacial score (nSPS) is 11.2. The van der Waals surface area contributed by atoms with Gasteiger partial charge in [0.25, 0.3) is 0 Å². The lowest BCUT2D eigenvalue weighted by Gasteiger charge is -2.23. The molecule has 0 radical (unpaired) electrons. The number of carboxylic acid groups (broad SMARTS) is 1. The Kier molecular flexibility index (Phi) is 5.39. The van der Waals surface area contributed by atoms with Gasteiger partial charge in [0.2, 0.25) is 0 Å². The van der Waals surface area contributed by atoms with Gasteiger partial charge < -0.3 is 10.4 Å². The summed E-state index contributed by atoms with van der Waals surface area (Å²) in [6.07, 6.45) is 1.12. The summed E-state index contributed by atoms with van der Waals surface area (Å²) >= 11 is 0. The second-order valence-corrected chi connectivity index (χ2v) is 11.0. The Morgan fingerprint density at radius 2 is 1.68 bits per heavy atom. The molecule has 2 aromatic rings. The Hall–Kier alpha value is -2.07. The van der Waals surface area contributed by atoms with Crippen molar-refractivity contribution in [2.24, 2.45) is 0 Å². The molecule has 0 aliphatic rings. The minimum atomic E-state index is -1.36. The van der Waals surface area contributed by atoms with E-state index in [9.17, 15) is 4.79 Å². The van der Waals surface area contributed by atoms with Crippen LogP contribution < -0.4 is 10.5 Å². The highest BCUT2D eigenvalue weighted by atomic mass is 28.3. The molecular formula is C18H23NO2Si. The Labute approximate surface area is 133 Å². The number of aromatic carboxylic acids is 1. The van der Waals surface area contributed by atoms with Crippen LogP contribution in [0.25, 0.3) is 0 Å². The monoisotopic (exact) mass is 313 g/mol. The average molecular weight is 313 g/mol. The molecule has 0 heterocycles. The Bertz CT molecular complexity index is 609. The fraction of sp³-hybridized carbons (Fsp3) is 0.278. The highest BCUT2D eigenvalue weighted by molar-refractivity contribution is 6.89. The molecule has 4 heteroatoms. The molecule has 0 aliphatic carbocycles. The zero-order valence-corrected chi connectivity index (χ0v) is 14.2. The van der Waals surface area contributed by atoms with Crippen LogP contribution in [0, 0.1) is 0 Å². The van der Waals surface area contributed by atoms with Crippen LogP contribution in [0.1, 0.15) is 16.8 Å². The van der Waals surface area contributed by atoms with Gasteiger partial charge in [0.1, 0.15) is 0 Å². The minimum Gasteiger partial charge on any atom is -0.478 e. The summed E-state index contributed by atoms with van der Waals surface area (Å²) < 4.78 is 0. The number of rotatable bonds is 7. The van der Waals surface area contributed by atoms with Crippen LogP contribution in [-0.2, 0) is 0 Å². The van der Waals surface area contributed by atoms with Crippen molar-refractivity contribution in [1.82, 2.24) is 0 Å². The molecule has 2 N–H and O–H groups in total. The van der Waals surface area contributed by atoms with Crippen molar-refractivity contribution in [3.8, 4) is 0 Å². The molecule has 0 unspecified atom stereocenters. The Morgan fingerprint density at radius 1 is 1.05 bits per heavy atom. The molecule has 0 spiro atoms. The van der Waals surface area contributed by atoms with E-state index in [2.05, 4.69) is 48.7 Å². The van der Waals surface area contributed by atoms with E-state index in [4.69, 9.17) is 5.11 Å². The highest BCUT2D eigenvalue weighted by Crippen LogP contribution is 2.14. The largest absolute Gasteiger partial charge is 0.478 e. The Balaban J connectivity index is 1.80. The molecular weight excluding hydrogens is 290 g/mol. The summed E-state index contributed by atoms with van der Waals surface area (Å²) in [4.78, 5) is 10.8. The van der Waals surface area contributed by atoms with Crippen LogP contribution in [0.2, 0.25) is 19.1 Å². The quantitative estimate of drug-likeness (QED) is 0.604. The minimum absolute atomic E-state index is 0.322. The smallest absolute Gasteiger partial charge is 0.335 e. The summed E-state index contributed by atoms with van der Waals surface area (Å²) in [5.41, 5.74) is 1.30. The molecule has 0 bridgehead atoms. The van der Waals surface area contributed by atoms with Crippen molar-refractivity contribution < 1.29 is 9.90 Å². The zero-order chi connectivity index (χ0) is 16.0. The van der Waals surface area contributed by atoms with Crippen LogP contribution in [0.5, 0.6) is 0 Å². The summed E-state index contributed by atoms with van der Waals surface area (Å²) in [6.45, 7) is 5.73. The maximum atomic E-state index is 10.8. The first-order valence-corrected chi connectivity index (χ1v) is 10.8. The van der Waals surface area contributed by atoms with Crippen molar-refractivity contribution in [1.29, 1.82) is 0 Å². The fourth-order valence-corrected chi connectivity index (χ4v) is 4.97. The van der Waals surface area contributed by atoms with Gasteiger partial charge in [-0.15, -0.1) is 0 Å². The molecule has 2 aromatic carbocycles. The van der Waals surface area contributed by atoms with Crippen LogP contribution in [-0.4, -0.2) is 25.7 Å². The summed E-state index contributed by atoms with van der Waals surface area (Å²) in [6, 6.07) is 18.9. The van der Waals surface area contributed by atoms with Gasteiger partial charge in [-0.1, -0.05) is 54.7 Å². The third kappa shape index (κ3) is 4.46. The van der Waals surface area contributed by atoms with Gasteiger partial charge in [-0.2, -0.15) is 0 Å². The second kappa shape index (κ2) is 7.27. The fourth-order valence-electron chi connectivity index (χ4n) is 2.53. The molecule has 0 fully saturated rings. The van der Waals surface area contributed by atoms with Gasteiger partial charge in [0.15, 0.2) is 0 Å². The number of anilines is 1. The van der Waals surface area contributed by atoms with E-state index in [0.29, 0.717) is 5.56 Å². The van der Waals surface area contributed by atoms with E-state index in [1.165, 1.54) is 11.2 Å². The summed E-state index contributed by atoms with van der Waals surface area (Å²) in [5, 5.41) is 13.7. The maximum absolute atomic E-state index is 10.8. The third-order valence-electron chi connectivity index (χ3n) is 3.99. The van der Waals surface area contributed by atoms with Gasteiger partial charge in [-0.05, 0) is 30.7 Å². The van der Waals surface area contributed by atoms with Crippen LogP contribution in [0.15, 0.2) is 54.6 Å². The highest BCUT2D eigenvalue weighted by Gasteiger charge is 2.22. The SMILES string of the molecule is C[Si](C)(CCCNc1ccc(C(=O)O)cc1)c1ccccc1. The third-order valence-corrected chi connectivity index (χ3v) is 7.49. The first-order valence-electron chi connectivity index (χ1n) is 7.62. The van der Waals surface area contributed by atoms with Crippen LogP contribution in [0.4, 0.5) is 5.69 Å². The van der Waals surface area contributed by atoms with Gasteiger partial charge in [0, 0.05) is 12.2 Å². The van der Waals surface area contributed by atoms with E-state index >= 15 is 0 Å². The summed E-state index contributed by atoms with van der Waals surface area (Å²) in [5.74, 6) is -0.887. The van der Waals surface area contributed by atoms with Crippen molar-refractivity contribution >= 4 is 24.9 Å². The van der Waals surface area contributed by atoms with E-state index in [0.717, 1.165) is 18.7 Å². The maximum Gasteiger partial charge on any atom is 0.335 e. The van der Waals surface area contributed by atoms with Gasteiger partial charge in [-0.3, -0.25) is 0 Å². The van der Waals surface area contributed by atoms with E-state index in [-0.39, 0.29) is 0 Å². The first-order chi connectivity index (χ1) is 10.5. The van der Waals surface area contributed by atoms with Crippen LogP contribution in [0.3, 0.4) is 0 Å². The van der Waals surface area contributed by atoms with Crippen molar-refractivity contribution in [2.75, 3.05) is 11.9 Å². The molecule has 22 heavy (non-hydrogen) atoms. The average Bonchev–Trinajstić information content (AvgIpc) is 2.53. The molecule has 0 atom stereocenters. The molecule has 0 aliphatic heterocycles. The predicted octanol–water partition coefficient (Wildman–Crippen LogP) is 3.80. The first kappa shape index (κ1) is 16.3. The Morgan fingerprint density at radius 3 is 2.27 bits per heavy atom. The van der Waals surface area contributed by atoms with E-state index < -0.39 is 14.0 Å². The molecule has 0 amide bonds. The lowest BCUT2D eigenvalue weighted by Crippen LogP contribution is -2.41. The molecule has 3 nitrogen and oxygen atoms in total. The lowest BCUT2D eigenvalue weighted by atomic mass is 10.2. The number of nitrogens with one attached hydrogen (secondary N) is 1. The predicted molar refractivity (Wildman–Crippen MR) is 94.9 cm³/mol. The molecule has 0 saturated carbocycles. The van der Waals surface area contributed by atoms with E-state index in [1.54, 1.807) is 12.1 Å². The van der Waals surface area contributed by atoms with Gasteiger partial charge in [0.05, 0.1) is 13.6 Å². The number of hydrogen-bond acceptors (Lipinski definition) is 2. The van der Waals surface area contributed by atoms with Gasteiger partial charge >= 0.3 is 5.97 Å².